The number of aliphatic hydroxyl groups is 1. The molecule has 3 rings (SSSR count). The number of aliphatic hydroxyl groups excluding tert-OH is 1. The van der Waals surface area contributed by atoms with E-state index in [1.165, 1.54) is 55.1 Å². The largest absolute Gasteiger partial charge is 0.395 e. The second kappa shape index (κ2) is 58.8. The molecule has 0 bridgehead atoms. The van der Waals surface area contributed by atoms with Crippen molar-refractivity contribution in [2.45, 2.75) is 348 Å². The molecule has 654 valence electrons. The molecule has 18 nitrogen and oxygen atoms in total. The molecule has 0 saturated carbocycles. The fourth-order valence-electron chi connectivity index (χ4n) is 7.34. The first-order valence-electron chi connectivity index (χ1n) is 37.2. The number of amides is 3. The number of carbonyl (C=O) groups excluding carboxylic acids is 7. The summed E-state index contributed by atoms with van der Waals surface area (Å²) in [5, 5.41) is 16.2. The summed E-state index contributed by atoms with van der Waals surface area (Å²) in [6.07, 6.45) is 33.9. The van der Waals surface area contributed by atoms with Gasteiger partial charge in [-0.25, -0.2) is 31.5 Å². The predicted molar refractivity (Wildman–Crippen MR) is 488 cm³/mol. The van der Waals surface area contributed by atoms with Gasteiger partial charge < -0.3 is 20.6 Å². The summed E-state index contributed by atoms with van der Waals surface area (Å²) in [5.74, 6) is 3.91. The molecule has 0 fully saturated rings. The number of hydrogen-bond donors (Lipinski definition) is 4. The molecule has 0 radical (unpaired) electrons. The number of halogens is 1. The van der Waals surface area contributed by atoms with E-state index in [2.05, 4.69) is 131 Å². The molecular formula is C92H165ClN6O12S2. The van der Waals surface area contributed by atoms with Crippen molar-refractivity contribution < 1.29 is 55.5 Å². The van der Waals surface area contributed by atoms with Gasteiger partial charge in [-0.05, 0) is 231 Å². The number of hydrogen-bond acceptors (Lipinski definition) is 14. The third kappa shape index (κ3) is 76.1. The fourth-order valence-corrected chi connectivity index (χ4v) is 8.92. The lowest BCUT2D eigenvalue weighted by atomic mass is 9.79. The van der Waals surface area contributed by atoms with Crippen LogP contribution in [0.5, 0.6) is 0 Å². The number of nitrogens with zero attached hydrogens (tertiary/aromatic N) is 3. The Morgan fingerprint density at radius 2 is 1.02 bits per heavy atom. The highest BCUT2D eigenvalue weighted by Gasteiger charge is 2.28. The number of carbonyl (C=O) groups is 7. The van der Waals surface area contributed by atoms with E-state index in [1.807, 2.05) is 143 Å². The molecule has 21 heteroatoms. The molecule has 1 aromatic rings. The van der Waals surface area contributed by atoms with Crippen LogP contribution in [0.3, 0.4) is 0 Å². The normalized spacial score (nSPS) is 12.6. The van der Waals surface area contributed by atoms with Crippen molar-refractivity contribution in [2.24, 2.45) is 27.1 Å². The highest BCUT2D eigenvalue weighted by atomic mass is 35.5. The van der Waals surface area contributed by atoms with Gasteiger partial charge in [-0.3, -0.25) is 33.6 Å². The molecule has 0 atom stereocenters. The molecule has 3 amide bonds. The van der Waals surface area contributed by atoms with Crippen LogP contribution in [-0.4, -0.2) is 118 Å². The lowest BCUT2D eigenvalue weighted by Crippen LogP contribution is -2.46. The number of Topliss-reactive ketones (excluding diaryl/α,β-unsaturated/α-hetero) is 2. The molecule has 0 spiro atoms. The van der Waals surface area contributed by atoms with E-state index in [0.29, 0.717) is 17.6 Å². The van der Waals surface area contributed by atoms with Crippen molar-refractivity contribution in [1.29, 1.82) is 0 Å². The Morgan fingerprint density at radius 1 is 0.575 bits per heavy atom. The maximum Gasteiger partial charge on any atom is 0.296 e. The summed E-state index contributed by atoms with van der Waals surface area (Å²) in [5.41, 5.74) is 3.11. The third-order valence-corrected chi connectivity index (χ3v) is 17.5. The molecule has 1 aromatic heterocycles. The van der Waals surface area contributed by atoms with Crippen molar-refractivity contribution in [3.63, 3.8) is 0 Å². The highest BCUT2D eigenvalue weighted by Crippen LogP contribution is 2.34. The maximum atomic E-state index is 11.6. The van der Waals surface area contributed by atoms with Gasteiger partial charge in [-0.2, -0.15) is 0 Å². The van der Waals surface area contributed by atoms with Crippen LogP contribution in [0.2, 0.25) is 5.28 Å². The number of ketones is 4. The Hall–Kier alpha value is -6.94. The van der Waals surface area contributed by atoms with Crippen LogP contribution >= 0.6 is 11.6 Å². The first-order valence-corrected chi connectivity index (χ1v) is 40.7. The van der Waals surface area contributed by atoms with Gasteiger partial charge in [-0.1, -0.05) is 218 Å². The molecule has 1 heterocycles. The molecule has 113 heavy (non-hydrogen) atoms. The molecule has 0 aliphatic heterocycles. The summed E-state index contributed by atoms with van der Waals surface area (Å²) < 4.78 is 45.1. The highest BCUT2D eigenvalue weighted by molar-refractivity contribution is 7.95. The van der Waals surface area contributed by atoms with Crippen LogP contribution in [0, 0.1) is 51.8 Å². The molecule has 2 aliphatic rings. The van der Waals surface area contributed by atoms with E-state index in [-0.39, 0.29) is 113 Å². The number of rotatable bonds is 13. The average Bonchev–Trinajstić information content (AvgIpc) is 1.67. The minimum absolute atomic E-state index is 0. The van der Waals surface area contributed by atoms with Crippen LogP contribution in [-0.2, 0) is 58.8 Å². The van der Waals surface area contributed by atoms with Gasteiger partial charge in [0.15, 0.2) is 27.2 Å². The summed E-state index contributed by atoms with van der Waals surface area (Å²) in [6, 6.07) is 1.88. The van der Waals surface area contributed by atoms with Crippen LogP contribution in [0.1, 0.15) is 321 Å². The van der Waals surface area contributed by atoms with Crippen molar-refractivity contribution in [3.05, 3.63) is 133 Å². The summed E-state index contributed by atoms with van der Waals surface area (Å²) >= 11 is 5.63. The number of unbranched alkanes of at least 4 members (excludes halogenated alkanes) is 1. The lowest BCUT2D eigenvalue weighted by molar-refractivity contribution is -0.131. The second-order valence-electron chi connectivity index (χ2n) is 37.0. The molecule has 2 aliphatic carbocycles. The minimum Gasteiger partial charge on any atom is -0.395 e. The molecule has 0 saturated heterocycles. The van der Waals surface area contributed by atoms with E-state index < -0.39 is 30.1 Å². The fraction of sp³-hybridized carbons (Fsp3) is 0.641. The van der Waals surface area contributed by atoms with E-state index in [1.54, 1.807) is 79.5 Å². The van der Waals surface area contributed by atoms with Gasteiger partial charge in [-0.15, -0.1) is 12.8 Å². The van der Waals surface area contributed by atoms with E-state index >= 15 is 0 Å². The SMILES string of the molecule is C.C.C.C#CC(=O)C(C)(C)C.C#CC(=O)NC(C)(C)C.C=C(C1=CCCCC1)C(C)(C)C.C=CC(=O)C(C)(C)C.C=CC(=O)N(CCO)C(C)(C)C.C=CC(=O)NC(C)(C)C.C=CS(=O)(=O)C(C)(C)C.C=CS(=O)(=O)NC(C)(C)C.CC(C)(C)C(=O)C1=CCCC1.CC(C)(C)c1ccnc(Cl)n1.CCC/C=C/C(=O)C(C)(C)C. The monoisotopic (exact) mass is 1650 g/mol. The Bertz CT molecular complexity index is 3480. The number of sulfone groups is 1. The maximum absolute atomic E-state index is 11.6. The lowest BCUT2D eigenvalue weighted by Gasteiger charge is -2.34. The predicted octanol–water partition coefficient (Wildman–Crippen LogP) is 21.7. The topological polar surface area (TPSA) is 273 Å². The zero-order valence-corrected chi connectivity index (χ0v) is 77.4. The standard InChI is InChI=1S/C12H20.C10H16O.C10H18O.C9H17NO2.C8H11ClN2.C7H13NO.C7H11NO.C7H12O.C7H10O.C6H13NO2S.C6H12O2S.3CH4/c1-10(12(2,3)4)11-8-6-5-7-9-11;1-10(2,3)9(11)8-6-4-5-7-8;1-5-6-7-8-9(11)10(2,3)4;1-5-8(12)10(6-7-11)9(2,3)4;1-8(2,3)6-4-5-10-7(9)11-6;2*1-5-6(9)8-7(2,3)4;2*1-5-6(8)7(2,3)4;1-5-10(8,9)7-6(2,3)4;1-5-9(7,8)6(2,3)4;;;/h8H,1,5-7,9H2,2-4H3;6H,4-5,7H2,1-3H3;7-8H,5-6H2,1-4H3;5,11H,1,6-7H2,2-4H3;4-5H,1-3H3;5H,1H2,2-4H3,(H,8,9);1H,2-4H3,(H,8,9);5H,1H2,2-4H3;1H,2-4H3;5,7H,1H2,2-4H3;5H,1H2,2-4H3;3*1H4/b;;8-7+;;;;;;;;;;;. The van der Waals surface area contributed by atoms with E-state index in [0.717, 1.165) is 54.2 Å². The quantitative estimate of drug-likeness (QED) is 0.0619. The van der Waals surface area contributed by atoms with Crippen molar-refractivity contribution in [3.8, 4) is 24.7 Å². The van der Waals surface area contributed by atoms with Crippen molar-refractivity contribution in [2.75, 3.05) is 13.2 Å². The van der Waals surface area contributed by atoms with Crippen LogP contribution in [0.4, 0.5) is 0 Å². The van der Waals surface area contributed by atoms with Gasteiger partial charge in [0.25, 0.3) is 5.91 Å². The third-order valence-electron chi connectivity index (χ3n) is 13.8. The van der Waals surface area contributed by atoms with Gasteiger partial charge in [0, 0.05) is 72.8 Å². The van der Waals surface area contributed by atoms with Crippen LogP contribution in [0.25, 0.3) is 0 Å². The van der Waals surface area contributed by atoms with Gasteiger partial charge in [0.2, 0.25) is 32.9 Å². The molecular weight excluding hydrogens is 1480 g/mol. The van der Waals surface area contributed by atoms with Gasteiger partial charge >= 0.3 is 0 Å². The Kier molecular flexibility index (Phi) is 67.4. The molecule has 0 unspecified atom stereocenters. The number of terminal acetylenes is 2. The summed E-state index contributed by atoms with van der Waals surface area (Å²) in [7, 11) is -6.34. The van der Waals surface area contributed by atoms with E-state index in [9.17, 15) is 50.4 Å². The number of nitrogens with one attached hydrogen (secondary N) is 3. The van der Waals surface area contributed by atoms with E-state index in [4.69, 9.17) is 29.6 Å². The Morgan fingerprint density at radius 3 is 1.22 bits per heavy atom. The first-order chi connectivity index (χ1) is 48.9. The molecule has 4 N–H and O–H groups in total. The molecule has 0 aromatic carbocycles. The number of sulfonamides is 1. The number of aromatic nitrogens is 2. The Balaban J connectivity index is -0.000000113. The van der Waals surface area contributed by atoms with Crippen molar-refractivity contribution in [1.82, 2.24) is 30.2 Å². The zero-order chi connectivity index (χ0) is 89.5. The van der Waals surface area contributed by atoms with Crippen LogP contribution in [0.15, 0.2) is 122 Å². The van der Waals surface area contributed by atoms with Gasteiger partial charge in [0.05, 0.1) is 17.0 Å². The summed E-state index contributed by atoms with van der Waals surface area (Å²) in [4.78, 5) is 86.0. The first kappa shape index (κ1) is 130. The van der Waals surface area contributed by atoms with Gasteiger partial charge in [0.1, 0.15) is 0 Å². The van der Waals surface area contributed by atoms with Crippen molar-refractivity contribution >= 4 is 72.3 Å². The smallest absolute Gasteiger partial charge is 0.296 e. The Labute approximate surface area is 699 Å². The zero-order valence-electron chi connectivity index (χ0n) is 75.0. The van der Waals surface area contributed by atoms with Crippen LogP contribution < -0.4 is 15.4 Å². The minimum atomic E-state index is -3.26. The second-order valence-corrected chi connectivity index (χ2v) is 41.6. The number of β-amino-alcohol motifs (C(OH)–C–C–N with tert-alkyl or cyclic N) is 1. The number of allylic oxidation sites excluding steroid dienone is 8. The summed E-state index contributed by atoms with van der Waals surface area (Å²) in [6.45, 7) is 86.3. The average molecular weight is 1650 g/mol.